The van der Waals surface area contributed by atoms with E-state index in [1.165, 1.54) is 5.56 Å². The average Bonchev–Trinajstić information content (AvgIpc) is 3.36. The molecular formula is C26H33N3O2S. The van der Waals surface area contributed by atoms with Crippen molar-refractivity contribution in [2.45, 2.75) is 32.2 Å². The number of nitrogens with zero attached hydrogens (tertiary/aromatic N) is 3. The number of carbonyl (C=O) groups is 2. The molecule has 1 atom stereocenters. The first-order valence-electron chi connectivity index (χ1n) is 11.7. The SMILES string of the molecule is O=C(/C=C/c1cccs1)N1CCC[C@@H](CCC(=O)N2CCN(Cc3ccccc3)CC2)C1. The van der Waals surface area contributed by atoms with Crippen LogP contribution in [0.25, 0.3) is 6.08 Å². The van der Waals surface area contributed by atoms with Crippen LogP contribution >= 0.6 is 11.3 Å². The largest absolute Gasteiger partial charge is 0.340 e. The summed E-state index contributed by atoms with van der Waals surface area (Å²) in [5, 5.41) is 2.02. The third kappa shape index (κ3) is 6.53. The number of rotatable bonds is 7. The number of amides is 2. The lowest BCUT2D eigenvalue weighted by Crippen LogP contribution is -2.48. The summed E-state index contributed by atoms with van der Waals surface area (Å²) in [6.45, 7) is 6.04. The summed E-state index contributed by atoms with van der Waals surface area (Å²) in [7, 11) is 0. The van der Waals surface area contributed by atoms with Gasteiger partial charge in [0, 0.05) is 63.2 Å². The number of carbonyl (C=O) groups excluding carboxylic acids is 2. The first-order chi connectivity index (χ1) is 15.7. The van der Waals surface area contributed by atoms with E-state index in [4.69, 9.17) is 0 Å². The van der Waals surface area contributed by atoms with Gasteiger partial charge in [0.25, 0.3) is 0 Å². The maximum absolute atomic E-state index is 12.8. The minimum Gasteiger partial charge on any atom is -0.340 e. The first kappa shape index (κ1) is 22.7. The van der Waals surface area contributed by atoms with Gasteiger partial charge in [-0.3, -0.25) is 14.5 Å². The van der Waals surface area contributed by atoms with E-state index in [0.29, 0.717) is 12.3 Å². The Morgan fingerprint density at radius 2 is 1.78 bits per heavy atom. The Balaban J connectivity index is 1.17. The summed E-state index contributed by atoms with van der Waals surface area (Å²) in [5.41, 5.74) is 1.33. The van der Waals surface area contributed by atoms with E-state index in [1.54, 1.807) is 17.4 Å². The third-order valence-electron chi connectivity index (χ3n) is 6.50. The van der Waals surface area contributed by atoms with Crippen molar-refractivity contribution in [3.63, 3.8) is 0 Å². The summed E-state index contributed by atoms with van der Waals surface area (Å²) in [5.74, 6) is 0.778. The predicted octanol–water partition coefficient (Wildman–Crippen LogP) is 4.12. The van der Waals surface area contributed by atoms with Crippen molar-refractivity contribution < 1.29 is 9.59 Å². The van der Waals surface area contributed by atoms with Gasteiger partial charge in [-0.05, 0) is 48.3 Å². The number of piperazine rings is 1. The van der Waals surface area contributed by atoms with Crippen LogP contribution in [-0.4, -0.2) is 65.8 Å². The van der Waals surface area contributed by atoms with Gasteiger partial charge in [-0.25, -0.2) is 0 Å². The molecule has 2 aromatic rings. The lowest BCUT2D eigenvalue weighted by atomic mass is 9.93. The maximum Gasteiger partial charge on any atom is 0.246 e. The van der Waals surface area contributed by atoms with Gasteiger partial charge < -0.3 is 9.80 Å². The van der Waals surface area contributed by atoms with Gasteiger partial charge in [-0.15, -0.1) is 11.3 Å². The third-order valence-corrected chi connectivity index (χ3v) is 7.34. The van der Waals surface area contributed by atoms with Gasteiger partial charge in [0.05, 0.1) is 0 Å². The fraction of sp³-hybridized carbons (Fsp3) is 0.462. The molecule has 0 aliphatic carbocycles. The molecule has 2 aliphatic heterocycles. The van der Waals surface area contributed by atoms with Crippen molar-refractivity contribution in [3.8, 4) is 0 Å². The van der Waals surface area contributed by atoms with Crippen molar-refractivity contribution >= 4 is 29.2 Å². The van der Waals surface area contributed by atoms with E-state index in [9.17, 15) is 9.59 Å². The van der Waals surface area contributed by atoms with Gasteiger partial charge in [0.1, 0.15) is 0 Å². The average molecular weight is 452 g/mol. The molecule has 0 saturated carbocycles. The normalized spacial score (nSPS) is 20.1. The number of benzene rings is 1. The smallest absolute Gasteiger partial charge is 0.246 e. The van der Waals surface area contributed by atoms with E-state index in [-0.39, 0.29) is 11.8 Å². The van der Waals surface area contributed by atoms with Gasteiger partial charge in [0.15, 0.2) is 0 Å². The Labute approximate surface area is 195 Å². The molecule has 3 heterocycles. The second-order valence-corrected chi connectivity index (χ2v) is 9.80. The van der Waals surface area contributed by atoms with Crippen LogP contribution in [-0.2, 0) is 16.1 Å². The molecule has 6 heteroatoms. The van der Waals surface area contributed by atoms with Gasteiger partial charge >= 0.3 is 0 Å². The summed E-state index contributed by atoms with van der Waals surface area (Å²) >= 11 is 1.63. The molecule has 32 heavy (non-hydrogen) atoms. The molecule has 2 fully saturated rings. The lowest BCUT2D eigenvalue weighted by Gasteiger charge is -2.36. The lowest BCUT2D eigenvalue weighted by molar-refractivity contribution is -0.133. The molecular weight excluding hydrogens is 418 g/mol. The molecule has 2 amide bonds. The highest BCUT2D eigenvalue weighted by atomic mass is 32.1. The molecule has 0 bridgehead atoms. The minimum absolute atomic E-state index is 0.0870. The zero-order valence-electron chi connectivity index (χ0n) is 18.7. The summed E-state index contributed by atoms with van der Waals surface area (Å²) < 4.78 is 0. The Morgan fingerprint density at radius 1 is 0.969 bits per heavy atom. The van der Waals surface area contributed by atoms with Crippen LogP contribution in [0.3, 0.4) is 0 Å². The zero-order chi connectivity index (χ0) is 22.2. The molecule has 0 unspecified atom stereocenters. The maximum atomic E-state index is 12.8. The monoisotopic (exact) mass is 451 g/mol. The summed E-state index contributed by atoms with van der Waals surface area (Å²) in [6.07, 6.45) is 7.19. The Bertz CT molecular complexity index is 889. The molecule has 1 aromatic carbocycles. The standard InChI is InChI=1S/C26H33N3O2S/c30-25(28-17-15-27(16-18-28)20-22-6-2-1-3-7-22)12-10-23-8-4-14-29(21-23)26(31)13-11-24-9-5-19-32-24/h1-3,5-7,9,11,13,19,23H,4,8,10,12,14-18,20-21H2/b13-11+/t23-/m0/s1. The Hall–Kier alpha value is -2.44. The molecule has 2 aliphatic rings. The van der Waals surface area contributed by atoms with Crippen molar-refractivity contribution in [2.24, 2.45) is 5.92 Å². The highest BCUT2D eigenvalue weighted by Crippen LogP contribution is 2.22. The van der Waals surface area contributed by atoms with E-state index < -0.39 is 0 Å². The second kappa shape index (κ2) is 11.4. The number of thiophene rings is 1. The van der Waals surface area contributed by atoms with E-state index in [0.717, 1.165) is 70.0 Å². The minimum atomic E-state index is 0.0870. The van der Waals surface area contributed by atoms with E-state index >= 15 is 0 Å². The molecule has 0 N–H and O–H groups in total. The molecule has 0 spiro atoms. The Kier molecular flexibility index (Phi) is 8.13. The van der Waals surface area contributed by atoms with E-state index in [2.05, 4.69) is 29.2 Å². The van der Waals surface area contributed by atoms with Crippen LogP contribution in [0.4, 0.5) is 0 Å². The molecule has 0 radical (unpaired) electrons. The summed E-state index contributed by atoms with van der Waals surface area (Å²) in [6, 6.07) is 14.5. The second-order valence-electron chi connectivity index (χ2n) is 8.82. The molecule has 170 valence electrons. The van der Waals surface area contributed by atoms with Crippen LogP contribution < -0.4 is 0 Å². The van der Waals surface area contributed by atoms with Gasteiger partial charge in [0.2, 0.25) is 11.8 Å². The summed E-state index contributed by atoms with van der Waals surface area (Å²) in [4.78, 5) is 32.8. The Morgan fingerprint density at radius 3 is 2.53 bits per heavy atom. The number of piperidine rings is 1. The first-order valence-corrected chi connectivity index (χ1v) is 12.6. The molecule has 1 aromatic heterocycles. The van der Waals surface area contributed by atoms with Crippen molar-refractivity contribution in [1.29, 1.82) is 0 Å². The van der Waals surface area contributed by atoms with Crippen molar-refractivity contribution in [3.05, 3.63) is 64.4 Å². The molecule has 4 rings (SSSR count). The van der Waals surface area contributed by atoms with Crippen LogP contribution in [0.5, 0.6) is 0 Å². The number of hydrogen-bond donors (Lipinski definition) is 0. The number of hydrogen-bond acceptors (Lipinski definition) is 4. The van der Waals surface area contributed by atoms with Crippen LogP contribution in [0, 0.1) is 5.92 Å². The fourth-order valence-corrected chi connectivity index (χ4v) is 5.25. The van der Waals surface area contributed by atoms with Crippen molar-refractivity contribution in [2.75, 3.05) is 39.3 Å². The fourth-order valence-electron chi connectivity index (χ4n) is 4.63. The zero-order valence-corrected chi connectivity index (χ0v) is 19.5. The van der Waals surface area contributed by atoms with Crippen LogP contribution in [0.15, 0.2) is 53.9 Å². The van der Waals surface area contributed by atoms with Crippen LogP contribution in [0.2, 0.25) is 0 Å². The van der Waals surface area contributed by atoms with Crippen LogP contribution in [0.1, 0.15) is 36.1 Å². The number of likely N-dealkylation sites (tertiary alicyclic amines) is 1. The highest BCUT2D eigenvalue weighted by Gasteiger charge is 2.25. The van der Waals surface area contributed by atoms with Crippen molar-refractivity contribution in [1.82, 2.24) is 14.7 Å². The quantitative estimate of drug-likeness (QED) is 0.595. The topological polar surface area (TPSA) is 43.9 Å². The molecule has 5 nitrogen and oxygen atoms in total. The van der Waals surface area contributed by atoms with Gasteiger partial charge in [-0.2, -0.15) is 0 Å². The van der Waals surface area contributed by atoms with E-state index in [1.807, 2.05) is 39.5 Å². The van der Waals surface area contributed by atoms with Gasteiger partial charge in [-0.1, -0.05) is 36.4 Å². The molecule has 2 saturated heterocycles. The highest BCUT2D eigenvalue weighted by molar-refractivity contribution is 7.10. The predicted molar refractivity (Wildman–Crippen MR) is 130 cm³/mol.